The second-order valence-electron chi connectivity index (χ2n) is 8.32. The van der Waals surface area contributed by atoms with Crippen molar-refractivity contribution in [3.8, 4) is 0 Å². The van der Waals surface area contributed by atoms with Gasteiger partial charge in [-0.1, -0.05) is 0 Å². The molecule has 11 heteroatoms. The van der Waals surface area contributed by atoms with E-state index in [1.807, 2.05) is 0 Å². The number of nitrogens with zero attached hydrogens (tertiary/aromatic N) is 2. The number of rotatable bonds is 8. The van der Waals surface area contributed by atoms with Gasteiger partial charge in [0.1, 0.15) is 12.1 Å². The SMILES string of the molecule is C[C@H](N[C@H](C(=O)O)[C@@H]1CCCN1C(=O)c1ccc(C(=O)O)cc1)C(=O)N1CCC[C@H]1C(=O)O. The molecule has 0 spiro atoms. The lowest BCUT2D eigenvalue weighted by Gasteiger charge is -2.33. The number of carboxylic acids is 3. The predicted octanol–water partition coefficient (Wildman–Crippen LogP) is 0.496. The summed E-state index contributed by atoms with van der Waals surface area (Å²) in [5, 5.41) is 31.0. The number of nitrogens with one attached hydrogen (secondary N) is 1. The van der Waals surface area contributed by atoms with Crippen molar-refractivity contribution in [2.24, 2.45) is 0 Å². The van der Waals surface area contributed by atoms with Crippen molar-refractivity contribution in [2.45, 2.75) is 56.8 Å². The molecule has 0 aromatic heterocycles. The molecule has 11 nitrogen and oxygen atoms in total. The first-order chi connectivity index (χ1) is 15.6. The molecule has 2 amide bonds. The first-order valence-electron chi connectivity index (χ1n) is 10.8. The standard InChI is InChI=1S/C22H27N3O8/c1-12(18(26)25-11-3-5-16(25)21(30)31)23-17(22(32)33)15-4-2-10-24(15)19(27)13-6-8-14(9-7-13)20(28)29/h6-9,12,15-17,23H,2-5,10-11H2,1H3,(H,28,29)(H,30,31)(H,32,33)/t12-,15-,16-,17-/m0/s1. The van der Waals surface area contributed by atoms with E-state index in [9.17, 15) is 34.2 Å². The summed E-state index contributed by atoms with van der Waals surface area (Å²) in [4.78, 5) is 63.1. The van der Waals surface area contributed by atoms with Crippen molar-refractivity contribution >= 4 is 29.7 Å². The molecular formula is C22H27N3O8. The largest absolute Gasteiger partial charge is 0.480 e. The van der Waals surface area contributed by atoms with E-state index in [2.05, 4.69) is 5.32 Å². The Morgan fingerprint density at radius 2 is 1.48 bits per heavy atom. The van der Waals surface area contributed by atoms with Gasteiger partial charge in [-0.25, -0.2) is 9.59 Å². The van der Waals surface area contributed by atoms with Gasteiger partial charge in [-0.15, -0.1) is 0 Å². The van der Waals surface area contributed by atoms with E-state index >= 15 is 0 Å². The molecule has 4 atom stereocenters. The van der Waals surface area contributed by atoms with E-state index in [0.717, 1.165) is 0 Å². The van der Waals surface area contributed by atoms with Gasteiger partial charge < -0.3 is 25.1 Å². The Morgan fingerprint density at radius 3 is 2.06 bits per heavy atom. The van der Waals surface area contributed by atoms with Crippen molar-refractivity contribution in [3.05, 3.63) is 35.4 Å². The van der Waals surface area contributed by atoms with Gasteiger partial charge in [0.15, 0.2) is 0 Å². The highest BCUT2D eigenvalue weighted by atomic mass is 16.4. The van der Waals surface area contributed by atoms with E-state index < -0.39 is 53.9 Å². The average Bonchev–Trinajstić information content (AvgIpc) is 3.46. The van der Waals surface area contributed by atoms with Gasteiger partial charge >= 0.3 is 17.9 Å². The fraction of sp³-hybridized carbons (Fsp3) is 0.500. The Hall–Kier alpha value is -3.47. The average molecular weight is 461 g/mol. The minimum atomic E-state index is -1.24. The lowest BCUT2D eigenvalue weighted by atomic mass is 10.0. The van der Waals surface area contributed by atoms with Crippen LogP contribution in [-0.2, 0) is 14.4 Å². The number of aliphatic carboxylic acids is 2. The monoisotopic (exact) mass is 461 g/mol. The highest BCUT2D eigenvalue weighted by molar-refractivity contribution is 5.96. The molecule has 4 N–H and O–H groups in total. The van der Waals surface area contributed by atoms with Crippen LogP contribution in [0.15, 0.2) is 24.3 Å². The van der Waals surface area contributed by atoms with E-state index in [-0.39, 0.29) is 11.1 Å². The zero-order valence-corrected chi connectivity index (χ0v) is 18.1. The highest BCUT2D eigenvalue weighted by Gasteiger charge is 2.42. The maximum absolute atomic E-state index is 13.0. The van der Waals surface area contributed by atoms with Gasteiger partial charge in [0.25, 0.3) is 5.91 Å². The van der Waals surface area contributed by atoms with Crippen LogP contribution in [0.25, 0.3) is 0 Å². The van der Waals surface area contributed by atoms with Gasteiger partial charge in [-0.2, -0.15) is 0 Å². The van der Waals surface area contributed by atoms with Crippen molar-refractivity contribution < 1.29 is 39.3 Å². The normalized spacial score (nSPS) is 22.1. The molecule has 0 unspecified atom stereocenters. The van der Waals surface area contributed by atoms with Crippen LogP contribution in [0.5, 0.6) is 0 Å². The molecule has 3 rings (SSSR count). The second kappa shape index (κ2) is 9.99. The summed E-state index contributed by atoms with van der Waals surface area (Å²) in [6, 6.07) is 1.54. The fourth-order valence-electron chi connectivity index (χ4n) is 4.54. The summed E-state index contributed by atoms with van der Waals surface area (Å²) in [5.74, 6) is -4.36. The number of hydrogen-bond donors (Lipinski definition) is 4. The van der Waals surface area contributed by atoms with Gasteiger partial charge in [0.05, 0.1) is 17.6 Å². The third kappa shape index (κ3) is 5.14. The van der Waals surface area contributed by atoms with Crippen molar-refractivity contribution in [1.29, 1.82) is 0 Å². The Labute approximate surface area is 190 Å². The van der Waals surface area contributed by atoms with E-state index in [1.54, 1.807) is 0 Å². The van der Waals surface area contributed by atoms with Crippen LogP contribution in [0.3, 0.4) is 0 Å². The molecule has 2 aliphatic rings. The van der Waals surface area contributed by atoms with Crippen LogP contribution in [-0.4, -0.2) is 92.1 Å². The number of aromatic carboxylic acids is 1. The zero-order chi connectivity index (χ0) is 24.3. The Kier molecular flexibility index (Phi) is 7.32. The number of amides is 2. The lowest BCUT2D eigenvalue weighted by Crippen LogP contribution is -2.59. The molecule has 2 aliphatic heterocycles. The molecule has 0 radical (unpaired) electrons. The van der Waals surface area contributed by atoms with E-state index in [4.69, 9.17) is 5.11 Å². The second-order valence-corrected chi connectivity index (χ2v) is 8.32. The van der Waals surface area contributed by atoms with Crippen LogP contribution in [0.2, 0.25) is 0 Å². The van der Waals surface area contributed by atoms with E-state index in [0.29, 0.717) is 38.8 Å². The van der Waals surface area contributed by atoms with Crippen LogP contribution >= 0.6 is 0 Å². The molecule has 33 heavy (non-hydrogen) atoms. The van der Waals surface area contributed by atoms with Crippen molar-refractivity contribution in [2.75, 3.05) is 13.1 Å². The predicted molar refractivity (Wildman–Crippen MR) is 114 cm³/mol. The van der Waals surface area contributed by atoms with Gasteiger partial charge in [0.2, 0.25) is 5.91 Å². The zero-order valence-electron chi connectivity index (χ0n) is 18.1. The smallest absolute Gasteiger partial charge is 0.335 e. The molecule has 2 fully saturated rings. The van der Waals surface area contributed by atoms with Crippen LogP contribution in [0, 0.1) is 0 Å². The van der Waals surface area contributed by atoms with Gasteiger partial charge in [0, 0.05) is 18.7 Å². The van der Waals surface area contributed by atoms with E-state index in [1.165, 1.54) is 41.0 Å². The summed E-state index contributed by atoms with van der Waals surface area (Å²) < 4.78 is 0. The summed E-state index contributed by atoms with van der Waals surface area (Å²) in [5.41, 5.74) is 0.269. The number of carbonyl (C=O) groups excluding carboxylic acids is 2. The first-order valence-corrected chi connectivity index (χ1v) is 10.8. The van der Waals surface area contributed by atoms with Crippen LogP contribution in [0.4, 0.5) is 0 Å². The molecule has 1 aromatic carbocycles. The van der Waals surface area contributed by atoms with Gasteiger partial charge in [-0.3, -0.25) is 19.7 Å². The van der Waals surface area contributed by atoms with Crippen LogP contribution in [0.1, 0.15) is 53.3 Å². The Morgan fingerprint density at radius 1 is 0.909 bits per heavy atom. The first kappa shape index (κ1) is 24.2. The summed E-state index contributed by atoms with van der Waals surface area (Å²) in [7, 11) is 0. The molecule has 2 heterocycles. The summed E-state index contributed by atoms with van der Waals surface area (Å²) in [6.45, 7) is 2.10. The molecule has 0 saturated carbocycles. The Balaban J connectivity index is 1.74. The van der Waals surface area contributed by atoms with Crippen molar-refractivity contribution in [3.63, 3.8) is 0 Å². The maximum atomic E-state index is 13.0. The minimum absolute atomic E-state index is 0.0310. The molecule has 178 valence electrons. The quantitative estimate of drug-likeness (QED) is 0.431. The summed E-state index contributed by atoms with van der Waals surface area (Å²) in [6.07, 6.45) is 1.89. The molecule has 0 aliphatic carbocycles. The lowest BCUT2D eigenvalue weighted by molar-refractivity contribution is -0.149. The van der Waals surface area contributed by atoms with Crippen molar-refractivity contribution in [1.82, 2.24) is 15.1 Å². The van der Waals surface area contributed by atoms with Crippen LogP contribution < -0.4 is 5.32 Å². The number of benzene rings is 1. The fourth-order valence-corrected chi connectivity index (χ4v) is 4.54. The molecular weight excluding hydrogens is 434 g/mol. The number of carbonyl (C=O) groups is 5. The Bertz CT molecular complexity index is 947. The number of hydrogen-bond acceptors (Lipinski definition) is 6. The third-order valence-electron chi connectivity index (χ3n) is 6.21. The highest BCUT2D eigenvalue weighted by Crippen LogP contribution is 2.24. The molecule has 1 aromatic rings. The minimum Gasteiger partial charge on any atom is -0.480 e. The third-order valence-corrected chi connectivity index (χ3v) is 6.21. The molecule has 0 bridgehead atoms. The molecule has 2 saturated heterocycles. The number of likely N-dealkylation sites (tertiary alicyclic amines) is 2. The summed E-state index contributed by atoms with van der Waals surface area (Å²) >= 11 is 0. The number of carboxylic acid groups (broad SMARTS) is 3. The topological polar surface area (TPSA) is 165 Å². The van der Waals surface area contributed by atoms with Gasteiger partial charge in [-0.05, 0) is 56.9 Å². The maximum Gasteiger partial charge on any atom is 0.335 e.